The van der Waals surface area contributed by atoms with Crippen molar-refractivity contribution >= 4 is 17.6 Å². The fraction of sp³-hybridized carbons (Fsp3) is 0.600. The van der Waals surface area contributed by atoms with Gasteiger partial charge in [0.25, 0.3) is 0 Å². The van der Waals surface area contributed by atoms with Gasteiger partial charge in [-0.3, -0.25) is 4.68 Å². The van der Waals surface area contributed by atoms with Crippen LogP contribution >= 0.6 is 11.6 Å². The van der Waals surface area contributed by atoms with Crippen LogP contribution in [0.5, 0.6) is 0 Å². The minimum atomic E-state index is -1.03. The van der Waals surface area contributed by atoms with Crippen LogP contribution < -0.4 is 0 Å². The van der Waals surface area contributed by atoms with E-state index in [1.165, 1.54) is 10.9 Å². The molecule has 1 saturated heterocycles. The Bertz CT molecular complexity index is 385. The topological polar surface area (TPSA) is 64.3 Å². The zero-order valence-electron chi connectivity index (χ0n) is 8.73. The molecule has 2 rings (SSSR count). The number of halogens is 1. The molecule has 1 aliphatic rings. The van der Waals surface area contributed by atoms with Gasteiger partial charge >= 0.3 is 5.97 Å². The first kappa shape index (κ1) is 11.4. The zero-order valence-corrected chi connectivity index (χ0v) is 9.48. The molecule has 0 spiro atoms. The summed E-state index contributed by atoms with van der Waals surface area (Å²) in [4.78, 5) is 11.0. The molecule has 0 aromatic carbocycles. The van der Waals surface area contributed by atoms with Crippen LogP contribution in [0.25, 0.3) is 0 Å². The number of carbonyl (C=O) groups is 1. The Morgan fingerprint density at radius 2 is 2.31 bits per heavy atom. The predicted octanol–water partition coefficient (Wildman–Crippen LogP) is 1.66. The molecule has 0 radical (unpaired) electrons. The molecule has 5 nitrogen and oxygen atoms in total. The summed E-state index contributed by atoms with van der Waals surface area (Å²) in [6, 6.07) is 0. The van der Waals surface area contributed by atoms with E-state index in [1.807, 2.05) is 0 Å². The van der Waals surface area contributed by atoms with E-state index < -0.39 is 5.97 Å². The average molecular weight is 245 g/mol. The molecule has 1 fully saturated rings. The third kappa shape index (κ3) is 2.36. The van der Waals surface area contributed by atoms with Gasteiger partial charge in [-0.15, -0.1) is 0 Å². The first-order chi connectivity index (χ1) is 7.68. The molecule has 0 amide bonds. The van der Waals surface area contributed by atoms with Crippen molar-refractivity contribution < 1.29 is 14.6 Å². The predicted molar refractivity (Wildman–Crippen MR) is 57.7 cm³/mol. The summed E-state index contributed by atoms with van der Waals surface area (Å²) < 4.78 is 6.72. The van der Waals surface area contributed by atoms with Crippen LogP contribution in [0, 0.1) is 5.92 Å². The standard InChI is InChI=1S/C10H13ClN2O3/c11-8-5-12-13(9(8)10(14)15)6-7-1-3-16-4-2-7/h5,7H,1-4,6H2,(H,14,15). The van der Waals surface area contributed by atoms with Crippen LogP contribution in [0.1, 0.15) is 23.3 Å². The fourth-order valence-electron chi connectivity index (χ4n) is 1.89. The fourth-order valence-corrected chi connectivity index (χ4v) is 2.11. The first-order valence-corrected chi connectivity index (χ1v) is 5.58. The van der Waals surface area contributed by atoms with Crippen molar-refractivity contribution in [2.45, 2.75) is 19.4 Å². The molecule has 1 aromatic rings. The molecule has 2 heterocycles. The van der Waals surface area contributed by atoms with E-state index in [9.17, 15) is 4.79 Å². The number of nitrogens with zero attached hydrogens (tertiary/aromatic N) is 2. The molecule has 1 aromatic heterocycles. The van der Waals surface area contributed by atoms with E-state index in [1.54, 1.807) is 0 Å². The normalized spacial score (nSPS) is 17.6. The highest BCUT2D eigenvalue weighted by molar-refractivity contribution is 6.33. The lowest BCUT2D eigenvalue weighted by atomic mass is 10.0. The van der Waals surface area contributed by atoms with Gasteiger partial charge < -0.3 is 9.84 Å². The maximum atomic E-state index is 11.0. The van der Waals surface area contributed by atoms with Crippen molar-refractivity contribution in [3.8, 4) is 0 Å². The second kappa shape index (κ2) is 4.84. The van der Waals surface area contributed by atoms with Crippen LogP contribution in [-0.4, -0.2) is 34.1 Å². The van der Waals surface area contributed by atoms with Crippen molar-refractivity contribution in [3.63, 3.8) is 0 Å². The summed E-state index contributed by atoms with van der Waals surface area (Å²) in [5, 5.41) is 13.2. The molecule has 1 N–H and O–H groups in total. The zero-order chi connectivity index (χ0) is 11.5. The van der Waals surface area contributed by atoms with Crippen LogP contribution in [-0.2, 0) is 11.3 Å². The molecule has 88 valence electrons. The molecule has 6 heteroatoms. The second-order valence-electron chi connectivity index (χ2n) is 3.88. The maximum absolute atomic E-state index is 11.0. The highest BCUT2D eigenvalue weighted by atomic mass is 35.5. The number of ether oxygens (including phenoxy) is 1. The molecule has 0 atom stereocenters. The van der Waals surface area contributed by atoms with Crippen molar-refractivity contribution in [3.05, 3.63) is 16.9 Å². The van der Waals surface area contributed by atoms with Gasteiger partial charge in [0.2, 0.25) is 0 Å². The second-order valence-corrected chi connectivity index (χ2v) is 4.29. The summed E-state index contributed by atoms with van der Waals surface area (Å²) in [6.07, 6.45) is 3.26. The quantitative estimate of drug-likeness (QED) is 0.878. The summed E-state index contributed by atoms with van der Waals surface area (Å²) in [5.41, 5.74) is 0.0770. The monoisotopic (exact) mass is 244 g/mol. The van der Waals surface area contributed by atoms with E-state index >= 15 is 0 Å². The third-order valence-electron chi connectivity index (χ3n) is 2.77. The van der Waals surface area contributed by atoms with E-state index in [-0.39, 0.29) is 10.7 Å². The Morgan fingerprint density at radius 1 is 1.62 bits per heavy atom. The van der Waals surface area contributed by atoms with Crippen molar-refractivity contribution in [2.75, 3.05) is 13.2 Å². The van der Waals surface area contributed by atoms with Gasteiger partial charge in [-0.1, -0.05) is 11.6 Å². The lowest BCUT2D eigenvalue weighted by molar-refractivity contribution is 0.0580. The lowest BCUT2D eigenvalue weighted by Gasteiger charge is -2.22. The maximum Gasteiger partial charge on any atom is 0.355 e. The molecular formula is C10H13ClN2O3. The molecule has 16 heavy (non-hydrogen) atoms. The minimum absolute atomic E-state index is 0.0770. The van der Waals surface area contributed by atoms with E-state index in [2.05, 4.69) is 5.10 Å². The number of hydrogen-bond acceptors (Lipinski definition) is 3. The molecule has 0 aliphatic carbocycles. The van der Waals surface area contributed by atoms with Gasteiger partial charge in [-0.05, 0) is 18.8 Å². The van der Waals surface area contributed by atoms with Gasteiger partial charge in [0.15, 0.2) is 5.69 Å². The number of carboxylic acids is 1. The summed E-state index contributed by atoms with van der Waals surface area (Å²) in [5.74, 6) is -0.614. The molecule has 0 saturated carbocycles. The first-order valence-electron chi connectivity index (χ1n) is 5.21. The van der Waals surface area contributed by atoms with Crippen molar-refractivity contribution in [2.24, 2.45) is 5.92 Å². The van der Waals surface area contributed by atoms with Crippen LogP contribution in [0.4, 0.5) is 0 Å². The van der Waals surface area contributed by atoms with Crippen molar-refractivity contribution in [1.82, 2.24) is 9.78 Å². The largest absolute Gasteiger partial charge is 0.476 e. The van der Waals surface area contributed by atoms with Gasteiger partial charge in [-0.25, -0.2) is 4.79 Å². The number of rotatable bonds is 3. The van der Waals surface area contributed by atoms with E-state index in [0.717, 1.165) is 26.1 Å². The Balaban J connectivity index is 2.11. The number of hydrogen-bond donors (Lipinski definition) is 1. The van der Waals surface area contributed by atoms with Crippen molar-refractivity contribution in [1.29, 1.82) is 0 Å². The SMILES string of the molecule is O=C(O)c1c(Cl)cnn1CC1CCOCC1. The van der Waals surface area contributed by atoms with Gasteiger partial charge in [0, 0.05) is 19.8 Å². The van der Waals surface area contributed by atoms with E-state index in [4.69, 9.17) is 21.4 Å². The Kier molecular flexibility index (Phi) is 3.46. The minimum Gasteiger partial charge on any atom is -0.476 e. The number of aromatic carboxylic acids is 1. The molecule has 0 bridgehead atoms. The molecule has 0 unspecified atom stereocenters. The highest BCUT2D eigenvalue weighted by Crippen LogP contribution is 2.20. The van der Waals surface area contributed by atoms with Crippen LogP contribution in [0.15, 0.2) is 6.20 Å². The summed E-state index contributed by atoms with van der Waals surface area (Å²) in [6.45, 7) is 2.07. The molecule has 1 aliphatic heterocycles. The van der Waals surface area contributed by atoms with Crippen LogP contribution in [0.3, 0.4) is 0 Å². The van der Waals surface area contributed by atoms with Gasteiger partial charge in [0.05, 0.1) is 11.2 Å². The molecular weight excluding hydrogens is 232 g/mol. The van der Waals surface area contributed by atoms with Crippen LogP contribution in [0.2, 0.25) is 5.02 Å². The highest BCUT2D eigenvalue weighted by Gasteiger charge is 2.20. The lowest BCUT2D eigenvalue weighted by Crippen LogP contribution is -2.22. The summed E-state index contributed by atoms with van der Waals surface area (Å²) >= 11 is 5.77. The van der Waals surface area contributed by atoms with Gasteiger partial charge in [-0.2, -0.15) is 5.10 Å². The van der Waals surface area contributed by atoms with E-state index in [0.29, 0.717) is 12.5 Å². The Morgan fingerprint density at radius 3 is 2.94 bits per heavy atom. The smallest absolute Gasteiger partial charge is 0.355 e. The Hall–Kier alpha value is -1.07. The third-order valence-corrected chi connectivity index (χ3v) is 3.05. The Labute approximate surface area is 98.0 Å². The average Bonchev–Trinajstić information content (AvgIpc) is 2.61. The number of aromatic nitrogens is 2. The van der Waals surface area contributed by atoms with Gasteiger partial charge in [0.1, 0.15) is 0 Å². The summed E-state index contributed by atoms with van der Waals surface area (Å²) in [7, 11) is 0. The number of carboxylic acid groups (broad SMARTS) is 1.